The Hall–Kier alpha value is -4.51. The number of nitrogens with zero attached hydrogens (tertiary/aromatic N) is 6. The maximum Gasteiger partial charge on any atom is 0.278 e. The van der Waals surface area contributed by atoms with Gasteiger partial charge in [-0.1, -0.05) is 17.7 Å². The number of fused-ring (bicyclic) bond motifs is 4. The zero-order valence-electron chi connectivity index (χ0n) is 28.1. The molecule has 262 valence electrons. The molecule has 16 heteroatoms. The fourth-order valence-corrected chi connectivity index (χ4v) is 8.89. The average Bonchev–Trinajstić information content (AvgIpc) is 3.73. The van der Waals surface area contributed by atoms with Crippen LogP contribution < -0.4 is 20.5 Å². The number of hydrogen-bond acceptors (Lipinski definition) is 12. The molecular formula is C34H37N7O6S3. The van der Waals surface area contributed by atoms with E-state index in [1.807, 2.05) is 32.9 Å². The van der Waals surface area contributed by atoms with Crippen molar-refractivity contribution in [2.75, 3.05) is 61.6 Å². The van der Waals surface area contributed by atoms with Crippen LogP contribution in [0.2, 0.25) is 0 Å². The fourth-order valence-electron chi connectivity index (χ4n) is 6.25. The molecule has 50 heavy (non-hydrogen) atoms. The van der Waals surface area contributed by atoms with Gasteiger partial charge in [0.2, 0.25) is 5.95 Å². The van der Waals surface area contributed by atoms with E-state index in [0.717, 1.165) is 47.0 Å². The van der Waals surface area contributed by atoms with Crippen molar-refractivity contribution in [2.45, 2.75) is 25.7 Å². The van der Waals surface area contributed by atoms with E-state index in [1.54, 1.807) is 41.8 Å². The summed E-state index contributed by atoms with van der Waals surface area (Å²) in [4.78, 5) is 28.1. The maximum absolute atomic E-state index is 14.0. The Morgan fingerprint density at radius 3 is 2.38 bits per heavy atom. The topological polar surface area (TPSA) is 148 Å². The maximum atomic E-state index is 14.0. The molecule has 1 saturated heterocycles. The van der Waals surface area contributed by atoms with Gasteiger partial charge in [0.25, 0.3) is 15.6 Å². The zero-order chi connectivity index (χ0) is 35.4. The van der Waals surface area contributed by atoms with Crippen LogP contribution in [0.3, 0.4) is 0 Å². The number of hydrogen-bond donors (Lipinski definition) is 1. The number of ether oxygens (including phenoxy) is 1. The van der Waals surface area contributed by atoms with Gasteiger partial charge in [0, 0.05) is 56.9 Å². The quantitative estimate of drug-likeness (QED) is 0.213. The number of sulfone groups is 1. The Labute approximate surface area is 293 Å². The molecule has 2 aromatic carbocycles. The number of anilines is 3. The number of thiophene rings is 1. The number of benzene rings is 2. The van der Waals surface area contributed by atoms with Crippen LogP contribution in [0.4, 0.5) is 17.3 Å². The molecule has 1 aliphatic rings. The van der Waals surface area contributed by atoms with Crippen molar-refractivity contribution in [3.8, 4) is 5.75 Å². The number of aromatic nitrogens is 4. The van der Waals surface area contributed by atoms with Gasteiger partial charge >= 0.3 is 0 Å². The first-order valence-electron chi connectivity index (χ1n) is 16.2. The largest absolute Gasteiger partial charge is 0.492 e. The average molecular weight is 736 g/mol. The van der Waals surface area contributed by atoms with Gasteiger partial charge in [-0.3, -0.25) is 9.69 Å². The molecule has 0 amide bonds. The molecule has 13 nitrogen and oxygen atoms in total. The molecular weight excluding hydrogens is 699 g/mol. The summed E-state index contributed by atoms with van der Waals surface area (Å²) in [5.41, 5.74) is 3.98. The molecule has 6 aromatic rings. The third kappa shape index (κ3) is 6.32. The Morgan fingerprint density at radius 2 is 1.68 bits per heavy atom. The highest BCUT2D eigenvalue weighted by Gasteiger charge is 2.25. The summed E-state index contributed by atoms with van der Waals surface area (Å²) in [6.07, 6.45) is 2.69. The van der Waals surface area contributed by atoms with Crippen molar-refractivity contribution in [1.29, 1.82) is 0 Å². The van der Waals surface area contributed by atoms with Crippen molar-refractivity contribution < 1.29 is 21.6 Å². The molecule has 0 spiro atoms. The van der Waals surface area contributed by atoms with Gasteiger partial charge in [0.15, 0.2) is 11.3 Å². The van der Waals surface area contributed by atoms with Crippen molar-refractivity contribution in [3.63, 3.8) is 0 Å². The van der Waals surface area contributed by atoms with E-state index < -0.39 is 19.9 Å². The van der Waals surface area contributed by atoms with Gasteiger partial charge in [0.05, 0.1) is 33.8 Å². The molecule has 0 radical (unpaired) electrons. The Kier molecular flexibility index (Phi) is 8.82. The SMILES string of the molecule is CCOc1cc(N2CCN(CCS(C)(=O)=O)CC2)c(C)cc1Nc1nc2c(ccn2S(=O)(=O)c2ccc(C)cc2)c2nc3ccsc3c(=O)n12. The molecule has 0 unspecified atom stereocenters. The van der Waals surface area contributed by atoms with Gasteiger partial charge in [0.1, 0.15) is 20.3 Å². The van der Waals surface area contributed by atoms with Gasteiger partial charge in [-0.05, 0) is 62.0 Å². The number of aryl methyl sites for hydroxylation is 2. The molecule has 0 bridgehead atoms. The zero-order valence-corrected chi connectivity index (χ0v) is 30.5. The number of piperazine rings is 1. The van der Waals surface area contributed by atoms with Crippen molar-refractivity contribution in [2.24, 2.45) is 0 Å². The second-order valence-electron chi connectivity index (χ2n) is 12.5. The molecule has 0 aliphatic carbocycles. The Balaban J connectivity index is 1.32. The number of rotatable bonds is 10. The molecule has 0 atom stereocenters. The summed E-state index contributed by atoms with van der Waals surface area (Å²) in [6, 6.07) is 13.9. The summed E-state index contributed by atoms with van der Waals surface area (Å²) >= 11 is 1.28. The first kappa shape index (κ1) is 34.0. The van der Waals surface area contributed by atoms with E-state index in [4.69, 9.17) is 14.7 Å². The van der Waals surface area contributed by atoms with Crippen molar-refractivity contribution in [3.05, 3.63) is 81.6 Å². The van der Waals surface area contributed by atoms with Crippen LogP contribution >= 0.6 is 11.3 Å². The van der Waals surface area contributed by atoms with Gasteiger partial charge in [-0.15, -0.1) is 11.3 Å². The van der Waals surface area contributed by atoms with Crippen LogP contribution in [0.5, 0.6) is 5.75 Å². The van der Waals surface area contributed by atoms with Crippen LogP contribution in [-0.4, -0.2) is 91.4 Å². The predicted octanol–water partition coefficient (Wildman–Crippen LogP) is 4.42. The highest BCUT2D eigenvalue weighted by atomic mass is 32.2. The minimum absolute atomic E-state index is 0.0898. The van der Waals surface area contributed by atoms with E-state index in [-0.39, 0.29) is 33.5 Å². The minimum Gasteiger partial charge on any atom is -0.492 e. The van der Waals surface area contributed by atoms with E-state index in [1.165, 1.54) is 28.2 Å². The smallest absolute Gasteiger partial charge is 0.278 e. The second kappa shape index (κ2) is 13.0. The second-order valence-corrected chi connectivity index (χ2v) is 17.5. The molecule has 1 N–H and O–H groups in total. The van der Waals surface area contributed by atoms with E-state index in [2.05, 4.69) is 15.1 Å². The first-order valence-corrected chi connectivity index (χ1v) is 20.5. The lowest BCUT2D eigenvalue weighted by atomic mass is 10.1. The minimum atomic E-state index is -4.05. The third-order valence-electron chi connectivity index (χ3n) is 8.88. The van der Waals surface area contributed by atoms with Crippen LogP contribution in [0.15, 0.2) is 69.8 Å². The third-order valence-corrected chi connectivity index (χ3v) is 12.4. The van der Waals surface area contributed by atoms with Gasteiger partial charge in [-0.2, -0.15) is 4.98 Å². The Morgan fingerprint density at radius 1 is 0.940 bits per heavy atom. The monoisotopic (exact) mass is 735 g/mol. The molecule has 5 heterocycles. The standard InChI is InChI=1S/C34H37N7O6S3/c1-5-47-29-21-28(39-15-13-38(14-16-39)17-19-49(4,43)44)23(3)20-27(29)36-34-37-31-25(32-35-26-11-18-48-30(26)33(42)41(32)34)10-12-40(31)50(45,46)24-8-6-22(2)7-9-24/h6-12,18,20-21H,5,13-17,19H2,1-4H3,(H,36,37). The highest BCUT2D eigenvalue weighted by molar-refractivity contribution is 7.90. The first-order chi connectivity index (χ1) is 23.8. The number of nitrogens with one attached hydrogen (secondary N) is 1. The lowest BCUT2D eigenvalue weighted by Gasteiger charge is -2.37. The van der Waals surface area contributed by atoms with Crippen LogP contribution in [0.25, 0.3) is 26.9 Å². The Bertz CT molecular complexity index is 2530. The molecule has 0 saturated carbocycles. The van der Waals surface area contributed by atoms with E-state index in [0.29, 0.717) is 40.2 Å². The van der Waals surface area contributed by atoms with E-state index in [9.17, 15) is 21.6 Å². The van der Waals surface area contributed by atoms with Gasteiger partial charge in [-0.25, -0.2) is 30.2 Å². The van der Waals surface area contributed by atoms with Crippen LogP contribution in [0, 0.1) is 13.8 Å². The fraction of sp³-hybridized carbons (Fsp3) is 0.324. The lowest BCUT2D eigenvalue weighted by molar-refractivity contribution is 0.271. The van der Waals surface area contributed by atoms with Crippen LogP contribution in [0.1, 0.15) is 18.1 Å². The predicted molar refractivity (Wildman–Crippen MR) is 198 cm³/mol. The molecule has 1 fully saturated rings. The normalized spacial score (nSPS) is 14.6. The summed E-state index contributed by atoms with van der Waals surface area (Å²) < 4.78 is 60.2. The summed E-state index contributed by atoms with van der Waals surface area (Å²) in [5, 5.41) is 5.52. The molecule has 7 rings (SSSR count). The summed E-state index contributed by atoms with van der Waals surface area (Å²) in [6.45, 7) is 9.53. The van der Waals surface area contributed by atoms with E-state index >= 15 is 0 Å². The summed E-state index contributed by atoms with van der Waals surface area (Å²) in [5.74, 6) is 0.754. The highest BCUT2D eigenvalue weighted by Crippen LogP contribution is 2.36. The molecule has 4 aromatic heterocycles. The van der Waals surface area contributed by atoms with Crippen LogP contribution in [-0.2, 0) is 19.9 Å². The lowest BCUT2D eigenvalue weighted by Crippen LogP contribution is -2.47. The summed E-state index contributed by atoms with van der Waals surface area (Å²) in [7, 11) is -7.08. The van der Waals surface area contributed by atoms with Gasteiger partial charge < -0.3 is 15.0 Å². The van der Waals surface area contributed by atoms with Crippen molar-refractivity contribution in [1.82, 2.24) is 23.2 Å². The molecule has 1 aliphatic heterocycles. The van der Waals surface area contributed by atoms with Crippen molar-refractivity contribution >= 4 is 75.4 Å².